The molecule has 1 aliphatic rings. The minimum atomic E-state index is -5.08. The number of carboxylic acid groups (broad SMARTS) is 2. The van der Waals surface area contributed by atoms with Crippen LogP contribution in [-0.2, 0) is 29.1 Å². The fraction of sp³-hybridized carbons (Fsp3) is 0.280. The number of carboxylic acids is 2. The van der Waals surface area contributed by atoms with E-state index in [0.29, 0.717) is 18.3 Å². The van der Waals surface area contributed by atoms with Gasteiger partial charge in [0.1, 0.15) is 12.4 Å². The lowest BCUT2D eigenvalue weighted by molar-refractivity contribution is -0.193. The molecule has 3 aromatic heterocycles. The highest BCUT2D eigenvalue weighted by Gasteiger charge is 2.38. The second kappa shape index (κ2) is 13.2. The third-order valence-electron chi connectivity index (χ3n) is 5.56. The van der Waals surface area contributed by atoms with Crippen LogP contribution in [0.3, 0.4) is 0 Å². The number of benzene rings is 1. The normalized spacial score (nSPS) is 12.7. The number of imidazole rings is 1. The minimum absolute atomic E-state index is 0.473. The first-order chi connectivity index (χ1) is 19.7. The van der Waals surface area contributed by atoms with Crippen LogP contribution < -0.4 is 5.32 Å². The van der Waals surface area contributed by atoms with Crippen LogP contribution in [0.4, 0.5) is 26.3 Å². The summed E-state index contributed by atoms with van der Waals surface area (Å²) in [6, 6.07) is 10.1. The van der Waals surface area contributed by atoms with E-state index in [-0.39, 0.29) is 0 Å². The SMILES string of the molecule is Cc1ncc2c(c1-c1noc(Cn3ccnc3-c3ccccc3)n1)CCNC2.O=C(O)C(F)(F)F.O=C(O)C(F)(F)F. The average molecular weight is 600 g/mol. The molecule has 0 bridgehead atoms. The largest absolute Gasteiger partial charge is 0.490 e. The van der Waals surface area contributed by atoms with E-state index in [1.165, 1.54) is 11.1 Å². The number of rotatable bonds is 4. The summed E-state index contributed by atoms with van der Waals surface area (Å²) in [5, 5.41) is 21.9. The molecule has 0 unspecified atom stereocenters. The van der Waals surface area contributed by atoms with Gasteiger partial charge in [-0.25, -0.2) is 14.6 Å². The molecule has 17 heteroatoms. The minimum Gasteiger partial charge on any atom is -0.475 e. The second-order valence-corrected chi connectivity index (χ2v) is 8.51. The van der Waals surface area contributed by atoms with Gasteiger partial charge in [-0.05, 0) is 31.0 Å². The molecular formula is C25H22F6N6O5. The van der Waals surface area contributed by atoms with Crippen LogP contribution in [0, 0.1) is 6.92 Å². The Morgan fingerprint density at radius 1 is 1.02 bits per heavy atom. The van der Waals surface area contributed by atoms with E-state index in [0.717, 1.165) is 42.2 Å². The Hall–Kier alpha value is -4.80. The van der Waals surface area contributed by atoms with Crippen LogP contribution in [0.1, 0.15) is 22.7 Å². The number of hydrogen-bond donors (Lipinski definition) is 3. The van der Waals surface area contributed by atoms with Crippen LogP contribution >= 0.6 is 0 Å². The van der Waals surface area contributed by atoms with E-state index in [1.807, 2.05) is 54.2 Å². The number of aryl methyl sites for hydroxylation is 1. The van der Waals surface area contributed by atoms with Crippen molar-refractivity contribution < 1.29 is 50.7 Å². The molecular weight excluding hydrogens is 578 g/mol. The van der Waals surface area contributed by atoms with E-state index < -0.39 is 24.3 Å². The van der Waals surface area contributed by atoms with E-state index in [4.69, 9.17) is 24.3 Å². The van der Waals surface area contributed by atoms with Crippen LogP contribution in [0.15, 0.2) is 53.4 Å². The van der Waals surface area contributed by atoms with E-state index >= 15 is 0 Å². The zero-order valence-corrected chi connectivity index (χ0v) is 21.6. The first-order valence-electron chi connectivity index (χ1n) is 11.9. The summed E-state index contributed by atoms with van der Waals surface area (Å²) in [5.74, 6) is -3.47. The van der Waals surface area contributed by atoms with Crippen molar-refractivity contribution in [1.82, 2.24) is 30.0 Å². The number of aliphatic carboxylic acids is 2. The molecule has 3 N–H and O–H groups in total. The van der Waals surface area contributed by atoms with Crippen molar-refractivity contribution in [3.8, 4) is 22.8 Å². The Labute approximate surface area is 232 Å². The predicted molar refractivity (Wildman–Crippen MR) is 132 cm³/mol. The quantitative estimate of drug-likeness (QED) is 0.289. The molecule has 0 radical (unpaired) electrons. The molecule has 4 aromatic rings. The molecule has 1 aromatic carbocycles. The zero-order chi connectivity index (χ0) is 31.1. The maximum atomic E-state index is 10.6. The maximum absolute atomic E-state index is 10.6. The third-order valence-corrected chi connectivity index (χ3v) is 5.56. The highest BCUT2D eigenvalue weighted by atomic mass is 19.4. The summed E-state index contributed by atoms with van der Waals surface area (Å²) in [4.78, 5) is 31.5. The molecule has 4 heterocycles. The van der Waals surface area contributed by atoms with Crippen molar-refractivity contribution >= 4 is 11.9 Å². The van der Waals surface area contributed by atoms with Crippen LogP contribution in [-0.4, -0.2) is 65.7 Å². The van der Waals surface area contributed by atoms with Crippen LogP contribution in [0.5, 0.6) is 0 Å². The molecule has 0 amide bonds. The van der Waals surface area contributed by atoms with E-state index in [2.05, 4.69) is 25.4 Å². The van der Waals surface area contributed by atoms with Crippen molar-refractivity contribution in [3.05, 3.63) is 71.6 Å². The number of hydrogen-bond acceptors (Lipinski definition) is 8. The highest BCUT2D eigenvalue weighted by molar-refractivity contribution is 5.73. The summed E-state index contributed by atoms with van der Waals surface area (Å²) in [7, 11) is 0. The zero-order valence-electron chi connectivity index (χ0n) is 21.6. The monoisotopic (exact) mass is 600 g/mol. The van der Waals surface area contributed by atoms with Crippen molar-refractivity contribution in [3.63, 3.8) is 0 Å². The van der Waals surface area contributed by atoms with Gasteiger partial charge in [-0.2, -0.15) is 31.3 Å². The van der Waals surface area contributed by atoms with Crippen LogP contribution in [0.25, 0.3) is 22.8 Å². The van der Waals surface area contributed by atoms with Gasteiger partial charge < -0.3 is 24.6 Å². The molecule has 224 valence electrons. The van der Waals surface area contributed by atoms with Crippen molar-refractivity contribution in [2.24, 2.45) is 0 Å². The Morgan fingerprint density at radius 3 is 2.24 bits per heavy atom. The molecule has 5 rings (SSSR count). The number of aromatic nitrogens is 5. The summed E-state index contributed by atoms with van der Waals surface area (Å²) in [6.45, 7) is 4.25. The van der Waals surface area contributed by atoms with Gasteiger partial charge in [0.05, 0.1) is 0 Å². The standard InChI is InChI=1S/C21H20N6O.2C2HF3O2/c1-14-19(17-7-8-22-11-16(17)12-24-14)20-25-18(28-26-20)13-27-10-9-23-21(27)15-5-3-2-4-6-15;2*3-2(4,5)1(6)7/h2-6,9-10,12,22H,7-8,11,13H2,1H3;2*(H,6,7). The van der Waals surface area contributed by atoms with Gasteiger partial charge in [-0.1, -0.05) is 35.5 Å². The van der Waals surface area contributed by atoms with Gasteiger partial charge >= 0.3 is 24.3 Å². The molecule has 11 nitrogen and oxygen atoms in total. The average Bonchev–Trinajstić information content (AvgIpc) is 3.59. The Balaban J connectivity index is 0.000000289. The Kier molecular flexibility index (Phi) is 10.0. The molecule has 1 aliphatic heterocycles. The topological polar surface area (TPSA) is 156 Å². The number of nitrogens with one attached hydrogen (secondary N) is 1. The van der Waals surface area contributed by atoms with E-state index in [1.54, 1.807) is 6.20 Å². The second-order valence-electron chi connectivity index (χ2n) is 8.51. The number of halogens is 6. The van der Waals surface area contributed by atoms with Crippen LogP contribution in [0.2, 0.25) is 0 Å². The molecule has 0 aliphatic carbocycles. The fourth-order valence-electron chi connectivity index (χ4n) is 3.72. The third kappa shape index (κ3) is 8.35. The fourth-order valence-corrected chi connectivity index (χ4v) is 3.72. The highest BCUT2D eigenvalue weighted by Crippen LogP contribution is 2.29. The maximum Gasteiger partial charge on any atom is 0.490 e. The summed E-state index contributed by atoms with van der Waals surface area (Å²) in [6.07, 6.45) is -3.57. The Bertz CT molecular complexity index is 1490. The first-order valence-corrected chi connectivity index (χ1v) is 11.9. The van der Waals surface area contributed by atoms with Gasteiger partial charge in [0.15, 0.2) is 0 Å². The lowest BCUT2D eigenvalue weighted by atomic mass is 9.95. The van der Waals surface area contributed by atoms with Crippen molar-refractivity contribution in [1.29, 1.82) is 0 Å². The molecule has 0 saturated carbocycles. The summed E-state index contributed by atoms with van der Waals surface area (Å²) >= 11 is 0. The molecule has 0 spiro atoms. The van der Waals surface area contributed by atoms with Gasteiger partial charge in [0, 0.05) is 42.0 Å². The predicted octanol–water partition coefficient (Wildman–Crippen LogP) is 4.26. The first kappa shape index (κ1) is 31.7. The number of nitrogens with zero attached hydrogens (tertiary/aromatic N) is 5. The Morgan fingerprint density at radius 2 is 1.64 bits per heavy atom. The van der Waals surface area contributed by atoms with Gasteiger partial charge in [-0.3, -0.25) is 4.98 Å². The summed E-state index contributed by atoms with van der Waals surface area (Å²) in [5.41, 5.74) is 5.46. The smallest absolute Gasteiger partial charge is 0.475 e. The van der Waals surface area contributed by atoms with Gasteiger partial charge in [0.2, 0.25) is 11.7 Å². The van der Waals surface area contributed by atoms with Crippen molar-refractivity contribution in [2.45, 2.75) is 38.8 Å². The van der Waals surface area contributed by atoms with Crippen molar-refractivity contribution in [2.75, 3.05) is 6.54 Å². The van der Waals surface area contributed by atoms with E-state index in [9.17, 15) is 26.3 Å². The van der Waals surface area contributed by atoms with Gasteiger partial charge in [-0.15, -0.1) is 0 Å². The number of carbonyl (C=O) groups is 2. The molecule has 42 heavy (non-hydrogen) atoms. The molecule has 0 fully saturated rings. The molecule has 0 atom stereocenters. The summed E-state index contributed by atoms with van der Waals surface area (Å²) < 4.78 is 71.1. The number of alkyl halides is 6. The van der Waals surface area contributed by atoms with Gasteiger partial charge in [0.25, 0.3) is 0 Å². The molecule has 0 saturated heterocycles. The number of fused-ring (bicyclic) bond motifs is 1. The number of pyridine rings is 1. The lowest BCUT2D eigenvalue weighted by Gasteiger charge is -2.19. The lowest BCUT2D eigenvalue weighted by Crippen LogP contribution is -2.24.